The van der Waals surface area contributed by atoms with E-state index in [9.17, 15) is 17.2 Å². The summed E-state index contributed by atoms with van der Waals surface area (Å²) in [5, 5.41) is 3.58. The van der Waals surface area contributed by atoms with Crippen LogP contribution in [0.1, 0.15) is 5.56 Å². The van der Waals surface area contributed by atoms with Gasteiger partial charge in [-0.05, 0) is 29.8 Å². The highest BCUT2D eigenvalue weighted by Crippen LogP contribution is 2.32. The second-order valence-corrected chi connectivity index (χ2v) is 6.47. The molecule has 128 valence electrons. The molecule has 0 saturated heterocycles. The number of anilines is 1. The molecule has 24 heavy (non-hydrogen) atoms. The van der Waals surface area contributed by atoms with Gasteiger partial charge in [0.05, 0.1) is 18.2 Å². The third-order valence-corrected chi connectivity index (χ3v) is 3.31. The summed E-state index contributed by atoms with van der Waals surface area (Å²) in [6.45, 7) is 0. The molecule has 0 bridgehead atoms. The number of ether oxygens (including phenoxy) is 1. The van der Waals surface area contributed by atoms with E-state index in [4.69, 9.17) is 4.74 Å². The Labute approximate surface area is 137 Å². The Morgan fingerprint density at radius 2 is 1.88 bits per heavy atom. The summed E-state index contributed by atoms with van der Waals surface area (Å²) in [6.07, 6.45) is 2.33. The number of hydrogen-bond donors (Lipinski definition) is 1. The van der Waals surface area contributed by atoms with Crippen LogP contribution < -0.4 is 9.46 Å². The molecule has 2 rings (SSSR count). The highest BCUT2D eigenvalue weighted by atomic mass is 32.2. The van der Waals surface area contributed by atoms with Crippen molar-refractivity contribution in [1.29, 1.82) is 0 Å². The zero-order valence-corrected chi connectivity index (χ0v) is 13.6. The minimum Gasteiger partial charge on any atom is -0.452 e. The molecule has 2 aromatic rings. The molecule has 0 radical (unpaired) electrons. The van der Waals surface area contributed by atoms with Crippen LogP contribution >= 0.6 is 0 Å². The van der Waals surface area contributed by atoms with Gasteiger partial charge in [0, 0.05) is 6.07 Å². The van der Waals surface area contributed by atoms with E-state index in [-0.39, 0.29) is 17.2 Å². The van der Waals surface area contributed by atoms with E-state index < -0.39 is 21.7 Å². The van der Waals surface area contributed by atoms with Crippen LogP contribution in [-0.2, 0) is 14.9 Å². The van der Waals surface area contributed by atoms with Gasteiger partial charge in [0.2, 0.25) is 10.0 Å². The fourth-order valence-electron chi connectivity index (χ4n) is 1.78. The lowest BCUT2D eigenvalue weighted by atomic mass is 10.2. The summed E-state index contributed by atoms with van der Waals surface area (Å²) >= 11 is 0. The van der Waals surface area contributed by atoms with E-state index >= 15 is 0 Å². The average Bonchev–Trinajstić information content (AvgIpc) is 2.48. The van der Waals surface area contributed by atoms with E-state index in [1.165, 1.54) is 25.5 Å². The van der Waals surface area contributed by atoms with Crippen LogP contribution in [0.15, 0.2) is 41.6 Å². The van der Waals surface area contributed by atoms with E-state index in [1.54, 1.807) is 6.07 Å². The van der Waals surface area contributed by atoms with Crippen LogP contribution in [-0.4, -0.2) is 28.0 Å². The monoisotopic (exact) mass is 356 g/mol. The van der Waals surface area contributed by atoms with Gasteiger partial charge in [0.1, 0.15) is 12.9 Å². The minimum atomic E-state index is -3.58. The summed E-state index contributed by atoms with van der Waals surface area (Å²) in [7, 11) is -2.22. The second-order valence-electron chi connectivity index (χ2n) is 4.72. The molecule has 9 heteroatoms. The number of oxime groups is 1. The summed E-state index contributed by atoms with van der Waals surface area (Å²) in [4.78, 5) is 4.56. The Balaban J connectivity index is 2.44. The van der Waals surface area contributed by atoms with Gasteiger partial charge in [0.15, 0.2) is 17.3 Å². The minimum absolute atomic E-state index is 0.0194. The molecule has 0 aliphatic heterocycles. The molecular formula is C15H14F2N2O4S. The molecule has 0 saturated carbocycles. The number of sulfonamides is 1. The van der Waals surface area contributed by atoms with Crippen LogP contribution in [0.2, 0.25) is 0 Å². The van der Waals surface area contributed by atoms with Crippen molar-refractivity contribution >= 4 is 21.9 Å². The smallest absolute Gasteiger partial charge is 0.229 e. The third-order valence-electron chi connectivity index (χ3n) is 2.72. The highest BCUT2D eigenvalue weighted by Gasteiger charge is 2.13. The Morgan fingerprint density at radius 1 is 1.12 bits per heavy atom. The van der Waals surface area contributed by atoms with Crippen molar-refractivity contribution in [2.45, 2.75) is 0 Å². The topological polar surface area (TPSA) is 77.0 Å². The Hall–Kier alpha value is -2.68. The predicted octanol–water partition coefficient (Wildman–Crippen LogP) is 3.11. The first-order chi connectivity index (χ1) is 11.3. The van der Waals surface area contributed by atoms with Gasteiger partial charge >= 0.3 is 0 Å². The lowest BCUT2D eigenvalue weighted by Gasteiger charge is -2.13. The van der Waals surface area contributed by atoms with Gasteiger partial charge in [-0.25, -0.2) is 17.2 Å². The van der Waals surface area contributed by atoms with Gasteiger partial charge in [-0.15, -0.1) is 0 Å². The third kappa shape index (κ3) is 4.92. The molecular weight excluding hydrogens is 342 g/mol. The first-order valence-corrected chi connectivity index (χ1v) is 8.49. The summed E-state index contributed by atoms with van der Waals surface area (Å²) < 4.78 is 57.3. The van der Waals surface area contributed by atoms with Gasteiger partial charge < -0.3 is 9.57 Å². The molecule has 0 unspecified atom stereocenters. The molecule has 0 aromatic heterocycles. The van der Waals surface area contributed by atoms with Crippen LogP contribution in [0.5, 0.6) is 11.5 Å². The number of rotatable bonds is 6. The molecule has 0 atom stereocenters. The van der Waals surface area contributed by atoms with E-state index in [2.05, 4.69) is 14.7 Å². The lowest BCUT2D eigenvalue weighted by Crippen LogP contribution is -2.10. The second kappa shape index (κ2) is 7.26. The van der Waals surface area contributed by atoms with Gasteiger partial charge in [-0.2, -0.15) is 0 Å². The van der Waals surface area contributed by atoms with Crippen LogP contribution in [0.4, 0.5) is 14.5 Å². The summed E-state index contributed by atoms with van der Waals surface area (Å²) in [5.41, 5.74) is 0.615. The Morgan fingerprint density at radius 3 is 2.50 bits per heavy atom. The fraction of sp³-hybridized carbons (Fsp3) is 0.133. The molecule has 1 N–H and O–H groups in total. The number of hydrogen-bond acceptors (Lipinski definition) is 5. The average molecular weight is 356 g/mol. The van der Waals surface area contributed by atoms with Crippen molar-refractivity contribution in [1.82, 2.24) is 0 Å². The maximum absolute atomic E-state index is 13.8. The van der Waals surface area contributed by atoms with Gasteiger partial charge in [-0.3, -0.25) is 4.72 Å². The number of benzene rings is 2. The van der Waals surface area contributed by atoms with Crippen molar-refractivity contribution in [3.05, 3.63) is 53.6 Å². The molecule has 0 aliphatic rings. The van der Waals surface area contributed by atoms with Crippen LogP contribution in [0.3, 0.4) is 0 Å². The maximum atomic E-state index is 13.8. The van der Waals surface area contributed by atoms with Crippen molar-refractivity contribution < 1.29 is 26.8 Å². The fourth-order valence-corrected chi connectivity index (χ4v) is 2.35. The summed E-state index contributed by atoms with van der Waals surface area (Å²) in [5.74, 6) is -1.91. The normalized spacial score (nSPS) is 11.5. The first-order valence-electron chi connectivity index (χ1n) is 6.60. The van der Waals surface area contributed by atoms with Gasteiger partial charge in [-0.1, -0.05) is 11.2 Å². The lowest BCUT2D eigenvalue weighted by molar-refractivity contribution is 0.215. The van der Waals surface area contributed by atoms with Crippen LogP contribution in [0.25, 0.3) is 0 Å². The summed E-state index contributed by atoms with van der Waals surface area (Å²) in [6, 6.07) is 7.20. The molecule has 0 fully saturated rings. The zero-order chi connectivity index (χ0) is 17.7. The van der Waals surface area contributed by atoms with Gasteiger partial charge in [0.25, 0.3) is 0 Å². The Kier molecular flexibility index (Phi) is 5.35. The number of nitrogens with zero attached hydrogens (tertiary/aromatic N) is 1. The first kappa shape index (κ1) is 17.7. The quantitative estimate of drug-likeness (QED) is 0.637. The number of nitrogens with one attached hydrogen (secondary N) is 1. The molecule has 0 amide bonds. The Bertz CT molecular complexity index is 870. The van der Waals surface area contributed by atoms with E-state index in [0.717, 1.165) is 18.4 Å². The number of halogens is 2. The van der Waals surface area contributed by atoms with E-state index in [0.29, 0.717) is 11.6 Å². The standard InChI is InChI=1S/C15H14F2N2O4S/c1-22-18-9-10-3-5-13(19-24(2,20)21)15(7-10)23-14-6-4-11(16)8-12(14)17/h3-9,19H,1-2H3. The molecule has 6 nitrogen and oxygen atoms in total. The van der Waals surface area contributed by atoms with Crippen molar-refractivity contribution in [3.63, 3.8) is 0 Å². The van der Waals surface area contributed by atoms with Crippen molar-refractivity contribution in [2.24, 2.45) is 5.16 Å². The SMILES string of the molecule is CON=Cc1ccc(NS(C)(=O)=O)c(Oc2ccc(F)cc2F)c1. The highest BCUT2D eigenvalue weighted by molar-refractivity contribution is 7.92. The van der Waals surface area contributed by atoms with E-state index in [1.807, 2.05) is 0 Å². The molecule has 0 heterocycles. The predicted molar refractivity (Wildman–Crippen MR) is 85.9 cm³/mol. The molecule has 0 aliphatic carbocycles. The largest absolute Gasteiger partial charge is 0.452 e. The van der Waals surface area contributed by atoms with Crippen LogP contribution in [0, 0.1) is 11.6 Å². The van der Waals surface area contributed by atoms with Crippen molar-refractivity contribution in [2.75, 3.05) is 18.1 Å². The van der Waals surface area contributed by atoms with Crippen molar-refractivity contribution in [3.8, 4) is 11.5 Å². The molecule has 0 spiro atoms. The molecule has 2 aromatic carbocycles. The maximum Gasteiger partial charge on any atom is 0.229 e. The zero-order valence-electron chi connectivity index (χ0n) is 12.8.